The summed E-state index contributed by atoms with van der Waals surface area (Å²) >= 11 is 0. The number of halogens is 1. The van der Waals surface area contributed by atoms with Gasteiger partial charge in [-0.1, -0.05) is 6.07 Å². The van der Waals surface area contributed by atoms with E-state index in [9.17, 15) is 22.9 Å². The molecule has 0 unspecified atom stereocenters. The van der Waals surface area contributed by atoms with Crippen molar-refractivity contribution in [3.8, 4) is 5.75 Å². The number of anilines is 1. The SMILES string of the molecule is O=S(=O)(Nc1ccc2c(c1)B(O)OC2)c1ccc(F)c(O)c1. The van der Waals surface area contributed by atoms with Crippen LogP contribution in [-0.2, 0) is 21.3 Å². The Labute approximate surface area is 126 Å². The summed E-state index contributed by atoms with van der Waals surface area (Å²) in [6, 6.07) is 7.37. The van der Waals surface area contributed by atoms with Gasteiger partial charge in [0.2, 0.25) is 0 Å². The molecule has 0 radical (unpaired) electrons. The van der Waals surface area contributed by atoms with Crippen molar-refractivity contribution < 1.29 is 27.6 Å². The molecule has 3 rings (SSSR count). The zero-order valence-corrected chi connectivity index (χ0v) is 12.0. The molecule has 1 heterocycles. The molecular weight excluding hydrogens is 312 g/mol. The van der Waals surface area contributed by atoms with Gasteiger partial charge in [-0.2, -0.15) is 0 Å². The lowest BCUT2D eigenvalue weighted by Crippen LogP contribution is -2.28. The normalized spacial score (nSPS) is 14.0. The standard InChI is InChI=1S/C13H11BFNO5S/c15-12-4-3-10(6-13(12)17)22(19,20)16-9-2-1-8-7-21-14(18)11(8)5-9/h1-6,16-18H,7H2. The molecular formula is C13H11BFNO5S. The minimum atomic E-state index is -3.99. The van der Waals surface area contributed by atoms with E-state index in [-0.39, 0.29) is 17.2 Å². The van der Waals surface area contributed by atoms with Crippen LogP contribution in [-0.4, -0.2) is 25.7 Å². The molecule has 0 spiro atoms. The topological polar surface area (TPSA) is 95.9 Å². The zero-order chi connectivity index (χ0) is 15.9. The fourth-order valence-corrected chi connectivity index (χ4v) is 3.22. The predicted octanol–water partition coefficient (Wildman–Crippen LogP) is 0.550. The highest BCUT2D eigenvalue weighted by atomic mass is 32.2. The van der Waals surface area contributed by atoms with E-state index >= 15 is 0 Å². The Kier molecular flexibility index (Phi) is 3.55. The summed E-state index contributed by atoms with van der Waals surface area (Å²) in [6.45, 7) is 0.259. The maximum Gasteiger partial charge on any atom is 0.491 e. The molecule has 6 nitrogen and oxygen atoms in total. The summed E-state index contributed by atoms with van der Waals surface area (Å²) in [6.07, 6.45) is 0. The lowest BCUT2D eigenvalue weighted by atomic mass is 9.79. The summed E-state index contributed by atoms with van der Waals surface area (Å²) in [4.78, 5) is -0.274. The van der Waals surface area contributed by atoms with Crippen LogP contribution < -0.4 is 10.2 Å². The molecule has 0 saturated carbocycles. The van der Waals surface area contributed by atoms with Gasteiger partial charge in [0.15, 0.2) is 11.6 Å². The summed E-state index contributed by atoms with van der Waals surface area (Å²) < 4.78 is 44.7. The first-order valence-corrected chi connectivity index (χ1v) is 7.79. The first-order valence-electron chi connectivity index (χ1n) is 6.31. The maximum atomic E-state index is 13.0. The van der Waals surface area contributed by atoms with Crippen molar-refractivity contribution in [2.24, 2.45) is 0 Å². The van der Waals surface area contributed by atoms with Crippen LogP contribution in [0.4, 0.5) is 10.1 Å². The van der Waals surface area contributed by atoms with E-state index in [1.807, 2.05) is 0 Å². The van der Waals surface area contributed by atoms with Crippen molar-refractivity contribution in [3.05, 3.63) is 47.8 Å². The van der Waals surface area contributed by atoms with Gasteiger partial charge in [-0.3, -0.25) is 4.72 Å². The lowest BCUT2D eigenvalue weighted by molar-refractivity contribution is 0.275. The molecule has 2 aromatic carbocycles. The van der Waals surface area contributed by atoms with E-state index in [1.165, 1.54) is 12.1 Å². The Bertz CT molecular complexity index is 842. The van der Waals surface area contributed by atoms with Crippen molar-refractivity contribution in [1.82, 2.24) is 0 Å². The minimum Gasteiger partial charge on any atom is -0.505 e. The number of benzene rings is 2. The average molecular weight is 323 g/mol. The Morgan fingerprint density at radius 2 is 2.00 bits per heavy atom. The van der Waals surface area contributed by atoms with E-state index < -0.39 is 28.7 Å². The number of hydrogen-bond acceptors (Lipinski definition) is 5. The molecule has 1 aliphatic rings. The number of phenols is 1. The van der Waals surface area contributed by atoms with E-state index in [1.54, 1.807) is 6.07 Å². The quantitative estimate of drug-likeness (QED) is 0.717. The number of aromatic hydroxyl groups is 1. The zero-order valence-electron chi connectivity index (χ0n) is 11.2. The third-order valence-electron chi connectivity index (χ3n) is 3.29. The predicted molar refractivity (Wildman–Crippen MR) is 77.7 cm³/mol. The van der Waals surface area contributed by atoms with Crippen LogP contribution in [0.5, 0.6) is 5.75 Å². The molecule has 2 aromatic rings. The monoisotopic (exact) mass is 323 g/mol. The van der Waals surface area contributed by atoms with Gasteiger partial charge >= 0.3 is 7.12 Å². The van der Waals surface area contributed by atoms with Gasteiger partial charge in [0.25, 0.3) is 10.0 Å². The summed E-state index contributed by atoms with van der Waals surface area (Å²) in [5, 5.41) is 18.9. The number of nitrogens with one attached hydrogen (secondary N) is 1. The Morgan fingerprint density at radius 1 is 1.23 bits per heavy atom. The van der Waals surface area contributed by atoms with Crippen molar-refractivity contribution in [1.29, 1.82) is 0 Å². The second kappa shape index (κ2) is 5.27. The van der Waals surface area contributed by atoms with Gasteiger partial charge in [-0.25, -0.2) is 12.8 Å². The Balaban J connectivity index is 1.91. The van der Waals surface area contributed by atoms with Crippen LogP contribution in [0.2, 0.25) is 0 Å². The first-order chi connectivity index (χ1) is 10.4. The Hall–Kier alpha value is -2.10. The average Bonchev–Trinajstić information content (AvgIpc) is 2.83. The third kappa shape index (κ3) is 2.65. The van der Waals surface area contributed by atoms with E-state index in [4.69, 9.17) is 4.65 Å². The highest BCUT2D eigenvalue weighted by Crippen LogP contribution is 2.23. The fraction of sp³-hybridized carbons (Fsp3) is 0.0769. The number of fused-ring (bicyclic) bond motifs is 1. The fourth-order valence-electron chi connectivity index (χ4n) is 2.15. The summed E-state index contributed by atoms with van der Waals surface area (Å²) in [5.41, 5.74) is 1.49. The van der Waals surface area contributed by atoms with Gasteiger partial charge in [0.1, 0.15) is 0 Å². The van der Waals surface area contributed by atoms with Crippen LogP contribution >= 0.6 is 0 Å². The van der Waals surface area contributed by atoms with Crippen LogP contribution in [0.25, 0.3) is 0 Å². The Morgan fingerprint density at radius 3 is 2.73 bits per heavy atom. The number of phenolic OH excluding ortho intramolecular Hbond substituents is 1. The highest BCUT2D eigenvalue weighted by molar-refractivity contribution is 7.92. The molecule has 114 valence electrons. The molecule has 9 heteroatoms. The maximum absolute atomic E-state index is 13.0. The number of hydrogen-bond donors (Lipinski definition) is 3. The molecule has 0 atom stereocenters. The van der Waals surface area contributed by atoms with Crippen molar-refractivity contribution in [3.63, 3.8) is 0 Å². The third-order valence-corrected chi connectivity index (χ3v) is 4.67. The molecule has 0 amide bonds. The van der Waals surface area contributed by atoms with Gasteiger partial charge in [0, 0.05) is 11.8 Å². The van der Waals surface area contributed by atoms with E-state index in [0.717, 1.165) is 23.8 Å². The van der Waals surface area contributed by atoms with E-state index in [2.05, 4.69) is 4.72 Å². The van der Waals surface area contributed by atoms with Crippen LogP contribution in [0.1, 0.15) is 5.56 Å². The molecule has 22 heavy (non-hydrogen) atoms. The lowest BCUT2D eigenvalue weighted by Gasteiger charge is -2.10. The molecule has 3 N–H and O–H groups in total. The minimum absolute atomic E-state index is 0.229. The molecule has 1 aliphatic heterocycles. The van der Waals surface area contributed by atoms with Crippen molar-refractivity contribution in [2.45, 2.75) is 11.5 Å². The largest absolute Gasteiger partial charge is 0.505 e. The molecule has 0 bridgehead atoms. The van der Waals surface area contributed by atoms with Crippen molar-refractivity contribution in [2.75, 3.05) is 4.72 Å². The molecule has 0 saturated heterocycles. The highest BCUT2D eigenvalue weighted by Gasteiger charge is 2.28. The second-order valence-electron chi connectivity index (χ2n) is 4.80. The van der Waals surface area contributed by atoms with Crippen LogP contribution in [0.15, 0.2) is 41.3 Å². The number of rotatable bonds is 3. The van der Waals surface area contributed by atoms with Gasteiger partial charge < -0.3 is 14.8 Å². The van der Waals surface area contributed by atoms with Crippen molar-refractivity contribution >= 4 is 28.3 Å². The summed E-state index contributed by atoms with van der Waals surface area (Å²) in [7, 11) is -5.08. The molecule has 0 aliphatic carbocycles. The smallest absolute Gasteiger partial charge is 0.491 e. The van der Waals surface area contributed by atoms with Crippen LogP contribution in [0, 0.1) is 5.82 Å². The first kappa shape index (κ1) is 14.8. The molecule has 0 aromatic heterocycles. The van der Waals surface area contributed by atoms with Gasteiger partial charge in [0.05, 0.1) is 11.5 Å². The van der Waals surface area contributed by atoms with Gasteiger partial charge in [-0.15, -0.1) is 0 Å². The van der Waals surface area contributed by atoms with Gasteiger partial charge in [-0.05, 0) is 35.3 Å². The second-order valence-corrected chi connectivity index (χ2v) is 6.48. The number of sulfonamides is 1. The van der Waals surface area contributed by atoms with E-state index in [0.29, 0.717) is 5.46 Å². The molecule has 0 fully saturated rings. The van der Waals surface area contributed by atoms with Crippen LogP contribution in [0.3, 0.4) is 0 Å². The summed E-state index contributed by atoms with van der Waals surface area (Å²) in [5.74, 6) is -1.66.